The summed E-state index contributed by atoms with van der Waals surface area (Å²) in [6, 6.07) is -0.0422. The molecular weight excluding hydrogens is 311 g/mol. The van der Waals surface area contributed by atoms with Crippen LogP contribution in [0.4, 0.5) is 18.3 Å². The predicted molar refractivity (Wildman–Crippen MR) is 84.3 cm³/mol. The van der Waals surface area contributed by atoms with Gasteiger partial charge in [-0.2, -0.15) is 13.2 Å². The maximum absolute atomic E-state index is 12.8. The first-order valence-corrected chi connectivity index (χ1v) is 8.75. The molecule has 126 valence electrons. The molecule has 0 radical (unpaired) electrons. The average Bonchev–Trinajstić information content (AvgIpc) is 2.95. The van der Waals surface area contributed by atoms with Gasteiger partial charge in [0.1, 0.15) is 0 Å². The zero-order valence-electron chi connectivity index (χ0n) is 13.1. The Labute approximate surface area is 133 Å². The number of thiazole rings is 1. The molecule has 3 nitrogen and oxygen atoms in total. The van der Waals surface area contributed by atoms with E-state index in [0.29, 0.717) is 13.0 Å². The van der Waals surface area contributed by atoms with Crippen molar-refractivity contribution in [2.75, 3.05) is 18.0 Å². The third-order valence-corrected chi connectivity index (χ3v) is 5.34. The van der Waals surface area contributed by atoms with Gasteiger partial charge in [-0.05, 0) is 33.1 Å². The first kappa shape index (κ1) is 17.5. The Morgan fingerprint density at radius 2 is 2.05 bits per heavy atom. The highest BCUT2D eigenvalue weighted by Crippen LogP contribution is 2.37. The van der Waals surface area contributed by atoms with E-state index in [2.05, 4.69) is 29.0 Å². The highest BCUT2D eigenvalue weighted by molar-refractivity contribution is 7.15. The molecule has 0 aliphatic heterocycles. The van der Waals surface area contributed by atoms with Gasteiger partial charge < -0.3 is 10.2 Å². The van der Waals surface area contributed by atoms with Crippen molar-refractivity contribution in [3.05, 3.63) is 11.1 Å². The number of aromatic nitrogens is 1. The van der Waals surface area contributed by atoms with E-state index in [9.17, 15) is 13.2 Å². The van der Waals surface area contributed by atoms with Gasteiger partial charge >= 0.3 is 6.18 Å². The van der Waals surface area contributed by atoms with Crippen LogP contribution >= 0.6 is 11.3 Å². The molecule has 1 aliphatic carbocycles. The summed E-state index contributed by atoms with van der Waals surface area (Å²) in [5.41, 5.74) is 0. The monoisotopic (exact) mass is 335 g/mol. The summed E-state index contributed by atoms with van der Waals surface area (Å²) in [5.74, 6) is -1.15. The normalized spacial score (nSPS) is 22.8. The molecule has 2 rings (SSSR count). The minimum absolute atomic E-state index is 0.0422. The molecule has 22 heavy (non-hydrogen) atoms. The lowest BCUT2D eigenvalue weighted by Crippen LogP contribution is -2.38. The molecule has 7 heteroatoms. The highest BCUT2D eigenvalue weighted by atomic mass is 32.1. The fraction of sp³-hybridized carbons (Fsp3) is 0.800. The fourth-order valence-corrected chi connectivity index (χ4v) is 3.92. The number of alkyl halides is 3. The molecule has 1 aliphatic rings. The number of hydrogen-bond donors (Lipinski definition) is 1. The van der Waals surface area contributed by atoms with Crippen molar-refractivity contribution in [1.29, 1.82) is 0 Å². The van der Waals surface area contributed by atoms with Crippen LogP contribution in [0.1, 0.15) is 44.4 Å². The lowest BCUT2D eigenvalue weighted by atomic mass is 9.85. The van der Waals surface area contributed by atoms with Crippen LogP contribution in [0.5, 0.6) is 0 Å². The second-order valence-electron chi connectivity index (χ2n) is 5.76. The van der Waals surface area contributed by atoms with Gasteiger partial charge in [-0.1, -0.05) is 6.42 Å². The third kappa shape index (κ3) is 4.59. The van der Waals surface area contributed by atoms with Gasteiger partial charge in [0.15, 0.2) is 5.13 Å². The third-order valence-electron chi connectivity index (χ3n) is 4.28. The molecule has 2 unspecified atom stereocenters. The van der Waals surface area contributed by atoms with Crippen molar-refractivity contribution in [3.63, 3.8) is 0 Å². The van der Waals surface area contributed by atoms with Crippen molar-refractivity contribution in [3.8, 4) is 0 Å². The summed E-state index contributed by atoms with van der Waals surface area (Å²) in [6.07, 6.45) is -0.279. The average molecular weight is 335 g/mol. The van der Waals surface area contributed by atoms with Gasteiger partial charge in [0.25, 0.3) is 0 Å². The number of anilines is 1. The first-order valence-electron chi connectivity index (χ1n) is 7.93. The summed E-state index contributed by atoms with van der Waals surface area (Å²) in [6.45, 7) is 6.60. The minimum Gasteiger partial charge on any atom is -0.349 e. The van der Waals surface area contributed by atoms with E-state index in [4.69, 9.17) is 0 Å². The van der Waals surface area contributed by atoms with Gasteiger partial charge in [-0.25, -0.2) is 4.98 Å². The zero-order chi connectivity index (χ0) is 16.2. The zero-order valence-corrected chi connectivity index (χ0v) is 13.9. The number of nitrogens with one attached hydrogen (secondary N) is 1. The van der Waals surface area contributed by atoms with Crippen molar-refractivity contribution in [2.45, 2.75) is 58.3 Å². The van der Waals surface area contributed by atoms with E-state index < -0.39 is 12.1 Å². The standard InChI is InChI=1S/C15H24F3N3S/c1-3-21(4-2)14-20-10-13(22-14)9-19-12-7-5-6-11(8-12)15(16,17)18/h10-12,19H,3-9H2,1-2H3. The van der Waals surface area contributed by atoms with Crippen LogP contribution < -0.4 is 10.2 Å². The molecule has 1 aromatic rings. The Morgan fingerprint density at radius 3 is 2.68 bits per heavy atom. The Balaban J connectivity index is 1.85. The first-order chi connectivity index (χ1) is 10.4. The molecule has 0 aromatic carbocycles. The van der Waals surface area contributed by atoms with Gasteiger partial charge in [0, 0.05) is 36.8 Å². The number of rotatable bonds is 6. The fourth-order valence-electron chi connectivity index (χ4n) is 2.94. The lowest BCUT2D eigenvalue weighted by molar-refractivity contribution is -0.183. The molecule has 1 aromatic heterocycles. The van der Waals surface area contributed by atoms with Gasteiger partial charge in [-0.15, -0.1) is 11.3 Å². The van der Waals surface area contributed by atoms with E-state index in [1.165, 1.54) is 0 Å². The quantitative estimate of drug-likeness (QED) is 0.844. The SMILES string of the molecule is CCN(CC)c1ncc(CNC2CCCC(C(F)(F)F)C2)s1. The van der Waals surface area contributed by atoms with Crippen LogP contribution in [-0.4, -0.2) is 30.3 Å². The van der Waals surface area contributed by atoms with Crippen LogP contribution in [0.2, 0.25) is 0 Å². The Morgan fingerprint density at radius 1 is 1.32 bits per heavy atom. The van der Waals surface area contributed by atoms with E-state index in [-0.39, 0.29) is 18.9 Å². The topological polar surface area (TPSA) is 28.2 Å². The Bertz CT molecular complexity index is 457. The largest absolute Gasteiger partial charge is 0.391 e. The maximum atomic E-state index is 12.8. The number of hydrogen-bond acceptors (Lipinski definition) is 4. The van der Waals surface area contributed by atoms with Crippen molar-refractivity contribution in [1.82, 2.24) is 10.3 Å². The molecule has 0 saturated heterocycles. The van der Waals surface area contributed by atoms with Crippen LogP contribution in [0, 0.1) is 5.92 Å². The van der Waals surface area contributed by atoms with Crippen LogP contribution in [-0.2, 0) is 6.54 Å². The van der Waals surface area contributed by atoms with Crippen molar-refractivity contribution < 1.29 is 13.2 Å². The molecule has 0 spiro atoms. The minimum atomic E-state index is -4.05. The molecule has 0 bridgehead atoms. The van der Waals surface area contributed by atoms with Crippen molar-refractivity contribution in [2.24, 2.45) is 5.92 Å². The van der Waals surface area contributed by atoms with E-state index >= 15 is 0 Å². The molecule has 1 saturated carbocycles. The van der Waals surface area contributed by atoms with Gasteiger partial charge in [0.05, 0.1) is 5.92 Å². The summed E-state index contributed by atoms with van der Waals surface area (Å²) < 4.78 is 38.4. The maximum Gasteiger partial charge on any atom is 0.391 e. The lowest BCUT2D eigenvalue weighted by Gasteiger charge is -2.31. The van der Waals surface area contributed by atoms with E-state index in [1.807, 2.05) is 6.20 Å². The molecular formula is C15H24F3N3S. The number of halogens is 3. The summed E-state index contributed by atoms with van der Waals surface area (Å²) in [5, 5.41) is 4.26. The second-order valence-corrected chi connectivity index (χ2v) is 6.86. The van der Waals surface area contributed by atoms with Crippen LogP contribution in [0.15, 0.2) is 6.20 Å². The Kier molecular flexibility index (Phi) is 6.09. The predicted octanol–water partition coefficient (Wildman–Crippen LogP) is 4.20. The van der Waals surface area contributed by atoms with E-state index in [1.54, 1.807) is 11.3 Å². The highest BCUT2D eigenvalue weighted by Gasteiger charge is 2.41. The molecule has 2 atom stereocenters. The smallest absolute Gasteiger partial charge is 0.349 e. The molecule has 1 fully saturated rings. The van der Waals surface area contributed by atoms with Gasteiger partial charge in [0.2, 0.25) is 0 Å². The summed E-state index contributed by atoms with van der Waals surface area (Å²) >= 11 is 1.62. The molecule has 0 amide bonds. The second kappa shape index (κ2) is 7.64. The van der Waals surface area contributed by atoms with Crippen molar-refractivity contribution >= 4 is 16.5 Å². The van der Waals surface area contributed by atoms with Gasteiger partial charge in [-0.3, -0.25) is 0 Å². The van der Waals surface area contributed by atoms with Crippen LogP contribution in [0.3, 0.4) is 0 Å². The Hall–Kier alpha value is -0.820. The van der Waals surface area contributed by atoms with E-state index in [0.717, 1.165) is 29.5 Å². The summed E-state index contributed by atoms with van der Waals surface area (Å²) in [4.78, 5) is 7.66. The molecule has 1 N–H and O–H groups in total. The number of nitrogens with zero attached hydrogens (tertiary/aromatic N) is 2. The van der Waals surface area contributed by atoms with Crippen LogP contribution in [0.25, 0.3) is 0 Å². The summed E-state index contributed by atoms with van der Waals surface area (Å²) in [7, 11) is 0. The molecule has 1 heterocycles.